The molecule has 19 heavy (non-hydrogen) atoms. The minimum absolute atomic E-state index is 0. The summed E-state index contributed by atoms with van der Waals surface area (Å²) in [6.45, 7) is 6.98. The molecule has 1 unspecified atom stereocenters. The molecule has 0 radical (unpaired) electrons. The Kier molecular flexibility index (Phi) is 6.22. The van der Waals surface area contributed by atoms with E-state index in [1.165, 1.54) is 12.0 Å². The zero-order chi connectivity index (χ0) is 12.9. The molecule has 0 N–H and O–H groups in total. The van der Waals surface area contributed by atoms with Crippen molar-refractivity contribution >= 4 is 32.4 Å². The summed E-state index contributed by atoms with van der Waals surface area (Å²) >= 11 is -2.59. The van der Waals surface area contributed by atoms with Crippen LogP contribution >= 0.6 is 24.8 Å². The predicted octanol–water partition coefficient (Wildman–Crippen LogP) is 4.88. The van der Waals surface area contributed by atoms with E-state index in [0.717, 1.165) is 0 Å². The van der Waals surface area contributed by atoms with Crippen molar-refractivity contribution < 1.29 is 14.0 Å². The van der Waals surface area contributed by atoms with Crippen molar-refractivity contribution in [1.29, 1.82) is 0 Å². The second-order valence-corrected chi connectivity index (χ2v) is 25.7. The van der Waals surface area contributed by atoms with E-state index < -0.39 is 14.0 Å². The van der Waals surface area contributed by atoms with E-state index in [1.807, 2.05) is 0 Å². The zero-order valence-electron chi connectivity index (χ0n) is 12.6. The summed E-state index contributed by atoms with van der Waals surface area (Å²) in [7, 11) is 2.34. The molecule has 0 amide bonds. The summed E-state index contributed by atoms with van der Waals surface area (Å²) in [6.07, 6.45) is 10.6. The Labute approximate surface area is 132 Å². The van der Waals surface area contributed by atoms with Gasteiger partial charge in [-0.1, -0.05) is 0 Å². The van der Waals surface area contributed by atoms with Crippen LogP contribution in [0.3, 0.4) is 0 Å². The summed E-state index contributed by atoms with van der Waals surface area (Å²) in [5.74, 6) is 0.654. The molecule has 2 aliphatic rings. The average Bonchev–Trinajstić information content (AvgIpc) is 2.75. The van der Waals surface area contributed by atoms with Crippen molar-refractivity contribution in [2.45, 2.75) is 37.6 Å². The number of halogens is 2. The molecule has 108 valence electrons. The molecule has 4 heteroatoms. The van der Waals surface area contributed by atoms with Gasteiger partial charge in [0.25, 0.3) is 0 Å². The van der Waals surface area contributed by atoms with Crippen molar-refractivity contribution in [3.8, 4) is 0 Å². The maximum absolute atomic E-state index is 2.59. The summed E-state index contributed by atoms with van der Waals surface area (Å²) in [4.78, 5) is 0. The van der Waals surface area contributed by atoms with Crippen LogP contribution in [0.2, 0.25) is 10.5 Å². The van der Waals surface area contributed by atoms with E-state index in [0.29, 0.717) is 5.92 Å². The molecule has 0 fully saturated rings. The first kappa shape index (κ1) is 19.5. The Morgan fingerprint density at radius 3 is 2.16 bits per heavy atom. The van der Waals surface area contributed by atoms with Crippen molar-refractivity contribution in [1.82, 2.24) is 0 Å². The first-order valence-electron chi connectivity index (χ1n) is 6.56. The minimum Gasteiger partial charge on any atom is -0.147 e. The zero-order valence-corrected chi connectivity index (χ0v) is 17.2. The Balaban J connectivity index is 0.00000162. The molecule has 0 saturated carbocycles. The monoisotopic (exact) mass is 352 g/mol. The topological polar surface area (TPSA) is 0 Å². The maximum atomic E-state index is 2.59. The average molecular weight is 353 g/mol. The molecule has 0 heterocycles. The third-order valence-corrected chi connectivity index (χ3v) is 15.8. The molecule has 0 aromatic carbocycles. The second-order valence-electron chi connectivity index (χ2n) is 6.69. The largest absolute Gasteiger partial charge is 0.147 e. The van der Waals surface area contributed by atoms with Gasteiger partial charge in [0, 0.05) is 0 Å². The molecular formula is C15H26Cl2SiTi. The van der Waals surface area contributed by atoms with Crippen LogP contribution in [-0.2, 0) is 14.0 Å². The number of rotatable bonds is 2. The smallest absolute Gasteiger partial charge is 0.147 e. The number of hydrogen-bond donors (Lipinski definition) is 0. The van der Waals surface area contributed by atoms with Crippen molar-refractivity contribution in [2.75, 3.05) is 0 Å². The fourth-order valence-electron chi connectivity index (χ4n) is 3.68. The Hall–Kier alpha value is 0.471. The van der Waals surface area contributed by atoms with Gasteiger partial charge >= 0.3 is 108 Å². The summed E-state index contributed by atoms with van der Waals surface area (Å²) < 4.78 is 3.54. The number of hydrogen-bond acceptors (Lipinski definition) is 0. The molecule has 0 saturated heterocycles. The van der Waals surface area contributed by atoms with Gasteiger partial charge < -0.3 is 0 Å². The van der Waals surface area contributed by atoms with E-state index in [-0.39, 0.29) is 24.8 Å². The fraction of sp³-hybridized carbons (Fsp3) is 0.467. The van der Waals surface area contributed by atoms with Gasteiger partial charge in [0.2, 0.25) is 0 Å². The minimum atomic E-state index is -2.59. The molecule has 0 bridgehead atoms. The first-order valence-corrected chi connectivity index (χ1v) is 15.3. The molecule has 0 nitrogen and oxygen atoms in total. The Morgan fingerprint density at radius 2 is 1.79 bits per heavy atom. The third-order valence-electron chi connectivity index (χ3n) is 4.62. The molecule has 1 atom stereocenters. The van der Waals surface area contributed by atoms with Crippen molar-refractivity contribution in [3.63, 3.8) is 0 Å². The Morgan fingerprint density at radius 1 is 1.21 bits per heavy atom. The molecule has 0 aliphatic heterocycles. The van der Waals surface area contributed by atoms with Gasteiger partial charge in [0.05, 0.1) is 0 Å². The third kappa shape index (κ3) is 3.22. The summed E-state index contributed by atoms with van der Waals surface area (Å²) in [5.41, 5.74) is 3.09. The molecular weight excluding hydrogens is 327 g/mol. The Bertz CT molecular complexity index is 559. The molecule has 2 aliphatic carbocycles. The first-order chi connectivity index (χ1) is 7.72. The van der Waals surface area contributed by atoms with Crippen molar-refractivity contribution in [3.05, 3.63) is 43.2 Å². The van der Waals surface area contributed by atoms with Crippen molar-refractivity contribution in [2.24, 2.45) is 5.92 Å². The quantitative estimate of drug-likeness (QED) is 0.621. The van der Waals surface area contributed by atoms with Crippen LogP contribution in [0, 0.1) is 5.92 Å². The van der Waals surface area contributed by atoms with Gasteiger partial charge in [-0.25, -0.2) is 0 Å². The van der Waals surface area contributed by atoms with Gasteiger partial charge in [-0.05, 0) is 0 Å². The SMILES string of the molecule is CC1=CC(C)[C]([Ti]([CH3])([CH3])(=[SiH2])[C]2=CC=CC2)=C1C.Cl.Cl. The van der Waals surface area contributed by atoms with Crippen LogP contribution in [-0.4, -0.2) is 7.63 Å². The number of allylic oxidation sites excluding steroid dienone is 8. The van der Waals surface area contributed by atoms with E-state index >= 15 is 0 Å². The van der Waals surface area contributed by atoms with Gasteiger partial charge in [-0.2, -0.15) is 0 Å². The van der Waals surface area contributed by atoms with Crippen LogP contribution < -0.4 is 0 Å². The maximum Gasteiger partial charge on any atom is -0.147 e. The second kappa shape index (κ2) is 6.07. The van der Waals surface area contributed by atoms with Crippen LogP contribution in [0.5, 0.6) is 0 Å². The fourth-order valence-corrected chi connectivity index (χ4v) is 14.5. The molecule has 2 rings (SSSR count). The summed E-state index contributed by atoms with van der Waals surface area (Å²) in [6, 6.07) is 0. The van der Waals surface area contributed by atoms with Gasteiger partial charge in [-0.15, -0.1) is 24.8 Å². The normalized spacial score (nSPS) is 22.7. The molecule has 0 aromatic rings. The van der Waals surface area contributed by atoms with Crippen LogP contribution in [0.4, 0.5) is 0 Å². The molecule has 0 aromatic heterocycles. The van der Waals surface area contributed by atoms with Crippen LogP contribution in [0.1, 0.15) is 27.2 Å². The van der Waals surface area contributed by atoms with Gasteiger partial charge in [-0.3, -0.25) is 0 Å². The van der Waals surface area contributed by atoms with E-state index in [9.17, 15) is 0 Å². The predicted molar refractivity (Wildman–Crippen MR) is 92.2 cm³/mol. The van der Waals surface area contributed by atoms with Crippen LogP contribution in [0.15, 0.2) is 43.2 Å². The van der Waals surface area contributed by atoms with Gasteiger partial charge in [0.15, 0.2) is 0 Å². The van der Waals surface area contributed by atoms with E-state index in [2.05, 4.69) is 63.2 Å². The summed E-state index contributed by atoms with van der Waals surface area (Å²) in [5, 5.41) is 5.19. The standard InChI is InChI=1S/C8H11.C5H5.2CH3.2ClH.H2Si.Ti/c1-6-4-7(2)8(3)5-6;1-2-4-5-3-1;;;;;;/h4,6H,1-3H3;1-3H,4H2;2*1H3;2*1H;1H2;. The molecule has 0 spiro atoms. The van der Waals surface area contributed by atoms with Gasteiger partial charge in [0.1, 0.15) is 0 Å². The van der Waals surface area contributed by atoms with E-state index in [1.54, 1.807) is 13.3 Å². The van der Waals surface area contributed by atoms with E-state index in [4.69, 9.17) is 0 Å². The van der Waals surface area contributed by atoms with Crippen LogP contribution in [0.25, 0.3) is 0 Å².